The highest BCUT2D eigenvalue weighted by Gasteiger charge is 2.34. The molecule has 2 aliphatic carbocycles. The van der Waals surface area contributed by atoms with Crippen LogP contribution in [0.5, 0.6) is 0 Å². The quantitative estimate of drug-likeness (QED) is 0.824. The number of aryl methyl sites for hydroxylation is 1. The molecular weight excluding hydrogens is 376 g/mol. The van der Waals surface area contributed by atoms with Crippen molar-refractivity contribution in [3.05, 3.63) is 52.3 Å². The number of nitrogens with zero attached hydrogens (tertiary/aromatic N) is 4. The van der Waals surface area contributed by atoms with Gasteiger partial charge in [-0.3, -0.25) is 14.5 Å². The van der Waals surface area contributed by atoms with Gasteiger partial charge in [0, 0.05) is 56.1 Å². The van der Waals surface area contributed by atoms with Crippen molar-refractivity contribution in [1.82, 2.24) is 19.6 Å². The molecule has 1 N–H and O–H groups in total. The lowest BCUT2D eigenvalue weighted by Gasteiger charge is -2.42. The maximum atomic E-state index is 11.8. The summed E-state index contributed by atoms with van der Waals surface area (Å²) in [5.41, 5.74) is 5.48. The molecule has 1 unspecified atom stereocenters. The predicted molar refractivity (Wildman–Crippen MR) is 116 cm³/mol. The fourth-order valence-electron chi connectivity index (χ4n) is 5.81. The van der Waals surface area contributed by atoms with Gasteiger partial charge in [-0.2, -0.15) is 5.10 Å². The minimum atomic E-state index is -0.882. The Hall–Kier alpha value is -2.18. The summed E-state index contributed by atoms with van der Waals surface area (Å²) in [6.07, 6.45) is 6.22. The molecule has 0 radical (unpaired) electrons. The first-order chi connectivity index (χ1) is 14.6. The van der Waals surface area contributed by atoms with E-state index in [1.54, 1.807) is 0 Å². The Morgan fingerprint density at radius 3 is 2.27 bits per heavy atom. The van der Waals surface area contributed by atoms with Crippen LogP contribution in [0.3, 0.4) is 0 Å². The van der Waals surface area contributed by atoms with E-state index < -0.39 is 5.97 Å². The van der Waals surface area contributed by atoms with E-state index in [0.29, 0.717) is 12.1 Å². The Balaban J connectivity index is 1.22. The summed E-state index contributed by atoms with van der Waals surface area (Å²) in [7, 11) is 0. The van der Waals surface area contributed by atoms with E-state index in [1.165, 1.54) is 24.0 Å². The van der Waals surface area contributed by atoms with Gasteiger partial charge in [-0.05, 0) is 49.7 Å². The van der Waals surface area contributed by atoms with Crippen LogP contribution in [0.25, 0.3) is 0 Å². The Morgan fingerprint density at radius 1 is 1.03 bits per heavy atom. The second kappa shape index (κ2) is 8.16. The summed E-state index contributed by atoms with van der Waals surface area (Å²) in [4.78, 5) is 17.0. The molecule has 1 atom stereocenters. The van der Waals surface area contributed by atoms with E-state index in [1.807, 2.05) is 4.68 Å². The molecule has 0 saturated carbocycles. The Bertz CT molecular complexity index is 904. The van der Waals surface area contributed by atoms with E-state index in [4.69, 9.17) is 0 Å². The molecule has 2 heterocycles. The van der Waals surface area contributed by atoms with Crippen molar-refractivity contribution in [2.24, 2.45) is 0 Å². The average Bonchev–Trinajstić information content (AvgIpc) is 3.36. The van der Waals surface area contributed by atoms with Crippen molar-refractivity contribution in [2.75, 3.05) is 26.2 Å². The van der Waals surface area contributed by atoms with E-state index in [9.17, 15) is 9.90 Å². The van der Waals surface area contributed by atoms with Gasteiger partial charge in [-0.15, -0.1) is 0 Å². The largest absolute Gasteiger partial charge is 0.476 e. The highest BCUT2D eigenvalue weighted by molar-refractivity contribution is 5.87. The number of carboxylic acid groups (broad SMARTS) is 1. The third-order valence-corrected chi connectivity index (χ3v) is 7.37. The van der Waals surface area contributed by atoms with Gasteiger partial charge in [-0.25, -0.2) is 4.79 Å². The zero-order chi connectivity index (χ0) is 20.7. The number of hydrogen-bond acceptors (Lipinski definition) is 4. The van der Waals surface area contributed by atoms with Crippen LogP contribution < -0.4 is 0 Å². The van der Waals surface area contributed by atoms with Crippen molar-refractivity contribution >= 4 is 5.97 Å². The Kier molecular flexibility index (Phi) is 5.37. The first-order valence-electron chi connectivity index (χ1n) is 11.5. The lowest BCUT2D eigenvalue weighted by molar-refractivity contribution is 0.0649. The maximum Gasteiger partial charge on any atom is 0.356 e. The van der Waals surface area contributed by atoms with Crippen molar-refractivity contribution in [3.8, 4) is 0 Å². The van der Waals surface area contributed by atoms with Crippen LogP contribution in [0.1, 0.15) is 52.6 Å². The topological polar surface area (TPSA) is 61.6 Å². The van der Waals surface area contributed by atoms with Gasteiger partial charge in [-0.1, -0.05) is 31.2 Å². The van der Waals surface area contributed by atoms with Crippen LogP contribution >= 0.6 is 0 Å². The molecule has 5 rings (SSSR count). The maximum absolute atomic E-state index is 11.8. The molecule has 6 nitrogen and oxygen atoms in total. The molecule has 1 aromatic carbocycles. The zero-order valence-electron chi connectivity index (χ0n) is 17.9. The molecule has 1 aliphatic heterocycles. The number of aromatic carboxylic acids is 1. The number of hydrogen-bond donors (Lipinski definition) is 1. The lowest BCUT2D eigenvalue weighted by Crippen LogP contribution is -2.54. The Morgan fingerprint density at radius 2 is 1.67 bits per heavy atom. The minimum Gasteiger partial charge on any atom is -0.476 e. The fraction of sp³-hybridized carbons (Fsp3) is 0.583. The van der Waals surface area contributed by atoms with E-state index in [-0.39, 0.29) is 5.69 Å². The van der Waals surface area contributed by atoms with E-state index in [2.05, 4.69) is 46.1 Å². The summed E-state index contributed by atoms with van der Waals surface area (Å²) >= 11 is 0. The van der Waals surface area contributed by atoms with Gasteiger partial charge in [0.05, 0.1) is 0 Å². The third-order valence-electron chi connectivity index (χ3n) is 7.37. The average molecular weight is 409 g/mol. The summed E-state index contributed by atoms with van der Waals surface area (Å²) < 4.78 is 1.95. The SMILES string of the molecule is CCCn1nc(C(=O)O)c2c1CCC(N1CCN(C3Cc4ccccc4C3)CC1)C2. The van der Waals surface area contributed by atoms with Gasteiger partial charge < -0.3 is 5.11 Å². The van der Waals surface area contributed by atoms with Crippen LogP contribution in [0.2, 0.25) is 0 Å². The molecule has 1 saturated heterocycles. The standard InChI is InChI=1S/C24H32N4O2/c1-2-9-28-22-8-7-19(16-21(22)23(25-28)24(29)30)26-10-12-27(13-11-26)20-14-17-5-3-4-6-18(17)15-20/h3-6,19-20H,2,7-16H2,1H3,(H,29,30). The van der Waals surface area contributed by atoms with Crippen LogP contribution in [-0.4, -0.2) is 68.9 Å². The van der Waals surface area contributed by atoms with Gasteiger partial charge in [0.15, 0.2) is 5.69 Å². The molecule has 1 aromatic heterocycles. The number of piperazine rings is 1. The number of benzene rings is 1. The highest BCUT2D eigenvalue weighted by atomic mass is 16.4. The molecule has 6 heteroatoms. The van der Waals surface area contributed by atoms with E-state index >= 15 is 0 Å². The first-order valence-corrected chi connectivity index (χ1v) is 11.5. The predicted octanol–water partition coefficient (Wildman–Crippen LogP) is 2.63. The van der Waals surface area contributed by atoms with E-state index in [0.717, 1.165) is 69.7 Å². The minimum absolute atomic E-state index is 0.283. The van der Waals surface area contributed by atoms with Gasteiger partial charge in [0.25, 0.3) is 0 Å². The summed E-state index contributed by atoms with van der Waals surface area (Å²) in [6, 6.07) is 9.97. The number of fused-ring (bicyclic) bond motifs is 2. The summed E-state index contributed by atoms with van der Waals surface area (Å²) in [5, 5.41) is 14.1. The summed E-state index contributed by atoms with van der Waals surface area (Å²) in [6.45, 7) is 7.31. The highest BCUT2D eigenvalue weighted by Crippen LogP contribution is 2.30. The number of rotatable bonds is 5. The third kappa shape index (κ3) is 3.56. The molecule has 1 fully saturated rings. The van der Waals surface area contributed by atoms with Crippen LogP contribution in [0.15, 0.2) is 24.3 Å². The van der Waals surface area contributed by atoms with Crippen molar-refractivity contribution in [3.63, 3.8) is 0 Å². The Labute approximate surface area is 178 Å². The van der Waals surface area contributed by atoms with Crippen LogP contribution in [0.4, 0.5) is 0 Å². The number of carbonyl (C=O) groups is 1. The van der Waals surface area contributed by atoms with Gasteiger partial charge in [0.1, 0.15) is 0 Å². The molecule has 160 valence electrons. The van der Waals surface area contributed by atoms with Crippen molar-refractivity contribution in [2.45, 2.75) is 64.1 Å². The monoisotopic (exact) mass is 408 g/mol. The molecule has 30 heavy (non-hydrogen) atoms. The molecule has 2 aromatic rings. The molecule has 0 bridgehead atoms. The first kappa shape index (κ1) is 19.8. The molecular formula is C24H32N4O2. The zero-order valence-corrected chi connectivity index (χ0v) is 17.9. The fourth-order valence-corrected chi connectivity index (χ4v) is 5.81. The lowest BCUT2D eigenvalue weighted by atomic mass is 9.90. The number of carboxylic acids is 1. The van der Waals surface area contributed by atoms with Crippen LogP contribution in [-0.2, 0) is 32.2 Å². The summed E-state index contributed by atoms with van der Waals surface area (Å²) in [5.74, 6) is -0.882. The normalized spacial score (nSPS) is 22.8. The smallest absolute Gasteiger partial charge is 0.356 e. The second-order valence-electron chi connectivity index (χ2n) is 9.10. The second-order valence-corrected chi connectivity index (χ2v) is 9.10. The molecule has 0 amide bonds. The van der Waals surface area contributed by atoms with Crippen molar-refractivity contribution < 1.29 is 9.90 Å². The number of aromatic nitrogens is 2. The van der Waals surface area contributed by atoms with Crippen LogP contribution in [0, 0.1) is 0 Å². The molecule has 0 spiro atoms. The van der Waals surface area contributed by atoms with Crippen molar-refractivity contribution in [1.29, 1.82) is 0 Å². The van der Waals surface area contributed by atoms with Gasteiger partial charge in [0.2, 0.25) is 0 Å². The van der Waals surface area contributed by atoms with Gasteiger partial charge >= 0.3 is 5.97 Å². The molecule has 3 aliphatic rings.